The van der Waals surface area contributed by atoms with Crippen molar-refractivity contribution in [2.45, 2.75) is 18.2 Å². The number of rotatable bonds is 2. The molecule has 0 atom stereocenters. The van der Waals surface area contributed by atoms with Gasteiger partial charge in [-0.2, -0.15) is 13.4 Å². The van der Waals surface area contributed by atoms with E-state index in [2.05, 4.69) is 10.2 Å². The molecule has 0 saturated carbocycles. The molecule has 0 bridgehead atoms. The van der Waals surface area contributed by atoms with Crippen LogP contribution in [0.25, 0.3) is 0 Å². The van der Waals surface area contributed by atoms with E-state index in [4.69, 9.17) is 0 Å². The molecule has 5 heteroatoms. The summed E-state index contributed by atoms with van der Waals surface area (Å²) < 4.78 is 24.3. The van der Waals surface area contributed by atoms with E-state index in [1.54, 1.807) is 6.92 Å². The Labute approximate surface area is 61.3 Å². The summed E-state index contributed by atoms with van der Waals surface area (Å²) in [6.45, 7) is 1.79. The van der Waals surface area contributed by atoms with Crippen LogP contribution < -0.4 is 0 Å². The number of nitrogens with zero attached hydrogens (tertiary/aromatic N) is 1. The monoisotopic (exact) mass is 164 g/mol. The first-order chi connectivity index (χ1) is 4.79. The first kappa shape index (κ1) is 7.53. The van der Waals surface area contributed by atoms with Gasteiger partial charge in [-0.1, -0.05) is 6.92 Å². The summed E-state index contributed by atoms with van der Waals surface area (Å²) in [5.41, 5.74) is 0.435. The van der Waals surface area contributed by atoms with Gasteiger partial charge in [0, 0.05) is 0 Å². The molecule has 1 aromatic rings. The zero-order valence-corrected chi connectivity index (χ0v) is 6.13. The molecule has 0 spiro atoms. The van der Waals surface area contributed by atoms with Crippen molar-refractivity contribution in [3.63, 3.8) is 0 Å². The van der Waals surface area contributed by atoms with E-state index in [-0.39, 0.29) is 17.0 Å². The molecule has 0 aromatic carbocycles. The maximum Gasteiger partial charge on any atom is 0.225 e. The standard InChI is InChI=1S/C5H6F2N2S/c1-2-3-4(10-7)5(6)9-8-3/h2H2,1H3,(H,8,9). The van der Waals surface area contributed by atoms with Crippen molar-refractivity contribution in [1.29, 1.82) is 0 Å². The highest BCUT2D eigenvalue weighted by atomic mass is 32.2. The highest BCUT2D eigenvalue weighted by Gasteiger charge is 2.11. The first-order valence-electron chi connectivity index (χ1n) is 2.81. The van der Waals surface area contributed by atoms with Gasteiger partial charge < -0.3 is 0 Å². The van der Waals surface area contributed by atoms with E-state index in [9.17, 15) is 8.28 Å². The lowest BCUT2D eigenvalue weighted by molar-refractivity contribution is 0.557. The summed E-state index contributed by atoms with van der Waals surface area (Å²) in [5, 5.41) is 5.61. The molecule has 0 aliphatic heterocycles. The fourth-order valence-corrected chi connectivity index (χ4v) is 1.06. The van der Waals surface area contributed by atoms with Crippen molar-refractivity contribution in [2.75, 3.05) is 0 Å². The molecule has 0 aliphatic carbocycles. The number of hydrogen-bond donors (Lipinski definition) is 1. The molecule has 0 radical (unpaired) electrons. The molecule has 0 amide bonds. The van der Waals surface area contributed by atoms with E-state index in [1.807, 2.05) is 0 Å². The molecule has 0 saturated heterocycles. The number of hydrogen-bond acceptors (Lipinski definition) is 2. The van der Waals surface area contributed by atoms with Crippen molar-refractivity contribution >= 4 is 12.1 Å². The summed E-state index contributed by atoms with van der Waals surface area (Å²) in [7, 11) is 0. The fourth-order valence-electron chi connectivity index (χ4n) is 0.663. The number of aromatic amines is 1. The number of H-pyrrole nitrogens is 1. The molecule has 1 aromatic heterocycles. The maximum absolute atomic E-state index is 12.4. The lowest BCUT2D eigenvalue weighted by atomic mass is 10.3. The number of nitrogens with one attached hydrogen (secondary N) is 1. The van der Waals surface area contributed by atoms with Crippen molar-refractivity contribution in [3.8, 4) is 0 Å². The average Bonchev–Trinajstić information content (AvgIpc) is 2.30. The van der Waals surface area contributed by atoms with Gasteiger partial charge in [-0.25, -0.2) is 0 Å². The minimum Gasteiger partial charge on any atom is -0.252 e. The van der Waals surface area contributed by atoms with Crippen LogP contribution in [-0.4, -0.2) is 10.2 Å². The van der Waals surface area contributed by atoms with Crippen LogP contribution in [0.5, 0.6) is 0 Å². The average molecular weight is 164 g/mol. The molecule has 1 heterocycles. The second-order valence-corrected chi connectivity index (χ2v) is 2.31. The smallest absolute Gasteiger partial charge is 0.225 e. The van der Waals surface area contributed by atoms with Gasteiger partial charge in [0.05, 0.1) is 17.8 Å². The zero-order valence-electron chi connectivity index (χ0n) is 5.32. The van der Waals surface area contributed by atoms with E-state index in [1.165, 1.54) is 0 Å². The van der Waals surface area contributed by atoms with Gasteiger partial charge in [-0.3, -0.25) is 5.10 Å². The van der Waals surface area contributed by atoms with Gasteiger partial charge in [-0.15, -0.1) is 0 Å². The van der Waals surface area contributed by atoms with Crippen LogP contribution in [0.4, 0.5) is 8.28 Å². The lowest BCUT2D eigenvalue weighted by Gasteiger charge is -1.88. The van der Waals surface area contributed by atoms with E-state index in [0.29, 0.717) is 12.1 Å². The van der Waals surface area contributed by atoms with Crippen LogP contribution in [0, 0.1) is 5.95 Å². The van der Waals surface area contributed by atoms with Gasteiger partial charge in [0.25, 0.3) is 0 Å². The van der Waals surface area contributed by atoms with Crippen molar-refractivity contribution < 1.29 is 8.28 Å². The highest BCUT2D eigenvalue weighted by molar-refractivity contribution is 7.94. The van der Waals surface area contributed by atoms with Crippen molar-refractivity contribution in [1.82, 2.24) is 10.2 Å². The Morgan fingerprint density at radius 1 is 1.70 bits per heavy atom. The molecule has 0 fully saturated rings. The summed E-state index contributed by atoms with van der Waals surface area (Å²) >= 11 is -0.115. The molecular weight excluding hydrogens is 158 g/mol. The largest absolute Gasteiger partial charge is 0.252 e. The molecule has 0 aliphatic rings. The highest BCUT2D eigenvalue weighted by Crippen LogP contribution is 2.24. The Bertz CT molecular complexity index is 223. The Hall–Kier alpha value is -0.580. The molecule has 0 unspecified atom stereocenters. The number of halogens is 2. The Morgan fingerprint density at radius 2 is 2.40 bits per heavy atom. The van der Waals surface area contributed by atoms with Crippen LogP contribution in [0.2, 0.25) is 0 Å². The molecule has 56 valence electrons. The van der Waals surface area contributed by atoms with Crippen molar-refractivity contribution in [2.24, 2.45) is 0 Å². The zero-order chi connectivity index (χ0) is 7.56. The summed E-state index contributed by atoms with van der Waals surface area (Å²) in [5.74, 6) is -0.690. The third-order valence-electron chi connectivity index (χ3n) is 1.16. The molecule has 1 rings (SSSR count). The molecule has 2 nitrogen and oxygen atoms in total. The second-order valence-electron chi connectivity index (χ2n) is 1.74. The fraction of sp³-hybridized carbons (Fsp3) is 0.400. The Balaban J connectivity index is 3.01. The summed E-state index contributed by atoms with van der Waals surface area (Å²) in [6, 6.07) is 0. The van der Waals surface area contributed by atoms with Crippen LogP contribution >= 0.6 is 12.1 Å². The minimum atomic E-state index is -0.690. The normalized spacial score (nSPS) is 10.3. The van der Waals surface area contributed by atoms with Crippen LogP contribution in [0.3, 0.4) is 0 Å². The lowest BCUT2D eigenvalue weighted by Crippen LogP contribution is -1.80. The Kier molecular flexibility index (Phi) is 2.26. The first-order valence-corrected chi connectivity index (χ1v) is 3.52. The van der Waals surface area contributed by atoms with E-state index in [0.717, 1.165) is 0 Å². The van der Waals surface area contributed by atoms with Gasteiger partial charge in [0.15, 0.2) is 0 Å². The Morgan fingerprint density at radius 3 is 2.80 bits per heavy atom. The summed E-state index contributed by atoms with van der Waals surface area (Å²) in [6.07, 6.45) is 0.534. The van der Waals surface area contributed by atoms with Crippen LogP contribution in [-0.2, 0) is 6.42 Å². The number of aryl methyl sites for hydroxylation is 1. The SMILES string of the molecule is CCc1n[nH]c(F)c1SF. The second kappa shape index (κ2) is 3.01. The van der Waals surface area contributed by atoms with Gasteiger partial charge in [0.1, 0.15) is 4.90 Å². The van der Waals surface area contributed by atoms with Crippen LogP contribution in [0.1, 0.15) is 12.6 Å². The third kappa shape index (κ3) is 1.13. The van der Waals surface area contributed by atoms with Gasteiger partial charge in [0.2, 0.25) is 5.95 Å². The van der Waals surface area contributed by atoms with E-state index < -0.39 is 5.95 Å². The van der Waals surface area contributed by atoms with Crippen LogP contribution in [0.15, 0.2) is 4.90 Å². The van der Waals surface area contributed by atoms with Gasteiger partial charge >= 0.3 is 0 Å². The topological polar surface area (TPSA) is 28.7 Å². The summed E-state index contributed by atoms with van der Waals surface area (Å²) in [4.78, 5) is -0.0255. The van der Waals surface area contributed by atoms with Crippen molar-refractivity contribution in [3.05, 3.63) is 11.6 Å². The predicted octanol–water partition coefficient (Wildman–Crippen LogP) is 2.09. The van der Waals surface area contributed by atoms with Gasteiger partial charge in [-0.05, 0) is 6.42 Å². The number of aromatic nitrogens is 2. The quantitative estimate of drug-likeness (QED) is 0.725. The van der Waals surface area contributed by atoms with E-state index >= 15 is 0 Å². The maximum atomic E-state index is 12.4. The minimum absolute atomic E-state index is 0.0255. The molecular formula is C5H6F2N2S. The predicted molar refractivity (Wildman–Crippen MR) is 34.9 cm³/mol. The third-order valence-corrected chi connectivity index (χ3v) is 1.73. The molecule has 10 heavy (non-hydrogen) atoms. The molecule has 1 N–H and O–H groups in total.